The van der Waals surface area contributed by atoms with Crippen LogP contribution >= 0.6 is 0 Å². The van der Waals surface area contributed by atoms with Gasteiger partial charge in [0, 0.05) is 23.6 Å². The summed E-state index contributed by atoms with van der Waals surface area (Å²) in [7, 11) is 3.29. The first-order valence-electron chi connectivity index (χ1n) is 9.11. The SMILES string of the molecule is COc1ccc(Nc2nccc(-c3cn(-c4ccc(OC)cc4)nc3C)n2)cc1. The average Bonchev–Trinajstić information content (AvgIpc) is 3.16. The first-order chi connectivity index (χ1) is 14.2. The predicted molar refractivity (Wildman–Crippen MR) is 112 cm³/mol. The fraction of sp³-hybridized carbons (Fsp3) is 0.136. The summed E-state index contributed by atoms with van der Waals surface area (Å²) in [5.74, 6) is 2.12. The number of ether oxygens (including phenoxy) is 2. The second-order valence-corrected chi connectivity index (χ2v) is 6.39. The minimum Gasteiger partial charge on any atom is -0.497 e. The van der Waals surface area contributed by atoms with Crippen LogP contribution in [0.4, 0.5) is 11.6 Å². The molecule has 0 aliphatic rings. The molecule has 0 bridgehead atoms. The third-order valence-electron chi connectivity index (χ3n) is 4.51. The van der Waals surface area contributed by atoms with Crippen molar-refractivity contribution in [2.24, 2.45) is 0 Å². The van der Waals surface area contributed by atoms with E-state index >= 15 is 0 Å². The Morgan fingerprint density at radius 1 is 0.862 bits per heavy atom. The molecule has 1 N–H and O–H groups in total. The topological polar surface area (TPSA) is 74.1 Å². The highest BCUT2D eigenvalue weighted by atomic mass is 16.5. The van der Waals surface area contributed by atoms with Crippen molar-refractivity contribution in [2.75, 3.05) is 19.5 Å². The van der Waals surface area contributed by atoms with Gasteiger partial charge in [0.25, 0.3) is 0 Å². The predicted octanol–water partition coefficient (Wildman–Crippen LogP) is 4.40. The van der Waals surface area contributed by atoms with Gasteiger partial charge in [0.05, 0.1) is 31.3 Å². The van der Waals surface area contributed by atoms with Crippen LogP contribution in [-0.4, -0.2) is 34.0 Å². The number of nitrogens with zero attached hydrogens (tertiary/aromatic N) is 4. The highest BCUT2D eigenvalue weighted by molar-refractivity contribution is 5.64. The summed E-state index contributed by atoms with van der Waals surface area (Å²) < 4.78 is 12.2. The number of rotatable bonds is 6. The summed E-state index contributed by atoms with van der Waals surface area (Å²) >= 11 is 0. The van der Waals surface area contributed by atoms with Crippen LogP contribution in [0.3, 0.4) is 0 Å². The van der Waals surface area contributed by atoms with Crippen LogP contribution in [0.2, 0.25) is 0 Å². The van der Waals surface area contributed by atoms with E-state index in [0.717, 1.165) is 39.8 Å². The summed E-state index contributed by atoms with van der Waals surface area (Å²) in [6.45, 7) is 1.97. The molecule has 7 heteroatoms. The second kappa shape index (κ2) is 8.02. The lowest BCUT2D eigenvalue weighted by molar-refractivity contribution is 0.414. The third-order valence-corrected chi connectivity index (χ3v) is 4.51. The summed E-state index contributed by atoms with van der Waals surface area (Å²) in [6, 6.07) is 17.2. The first-order valence-corrected chi connectivity index (χ1v) is 9.11. The molecule has 0 spiro atoms. The average molecular weight is 387 g/mol. The highest BCUT2D eigenvalue weighted by Crippen LogP contribution is 2.25. The molecule has 29 heavy (non-hydrogen) atoms. The van der Waals surface area contributed by atoms with Gasteiger partial charge in [-0.25, -0.2) is 14.6 Å². The number of anilines is 2. The standard InChI is InChI=1S/C22H21N5O2/c1-15-20(14-27(26-15)17-6-10-19(29-3)11-7-17)21-12-13-23-22(25-21)24-16-4-8-18(28-2)9-5-16/h4-14H,1-3H3,(H,23,24,25). The van der Waals surface area contributed by atoms with E-state index in [1.807, 2.05) is 72.4 Å². The van der Waals surface area contributed by atoms with Crippen LogP contribution < -0.4 is 14.8 Å². The highest BCUT2D eigenvalue weighted by Gasteiger charge is 2.11. The van der Waals surface area contributed by atoms with E-state index in [9.17, 15) is 0 Å². The Kier molecular flexibility index (Phi) is 5.11. The molecule has 146 valence electrons. The van der Waals surface area contributed by atoms with Crippen LogP contribution in [0.5, 0.6) is 11.5 Å². The van der Waals surface area contributed by atoms with E-state index in [-0.39, 0.29) is 0 Å². The fourth-order valence-electron chi connectivity index (χ4n) is 2.95. The van der Waals surface area contributed by atoms with E-state index in [4.69, 9.17) is 9.47 Å². The largest absolute Gasteiger partial charge is 0.497 e. The Balaban J connectivity index is 1.59. The van der Waals surface area contributed by atoms with Gasteiger partial charge >= 0.3 is 0 Å². The molecule has 0 unspecified atom stereocenters. The summed E-state index contributed by atoms with van der Waals surface area (Å²) in [6.07, 6.45) is 3.70. The molecular formula is C22H21N5O2. The van der Waals surface area contributed by atoms with Crippen molar-refractivity contribution < 1.29 is 9.47 Å². The number of methoxy groups -OCH3 is 2. The Bertz CT molecular complexity index is 1110. The van der Waals surface area contributed by atoms with Crippen LogP contribution in [0.25, 0.3) is 16.9 Å². The monoisotopic (exact) mass is 387 g/mol. The normalized spacial score (nSPS) is 10.6. The zero-order chi connectivity index (χ0) is 20.2. The molecular weight excluding hydrogens is 366 g/mol. The molecule has 0 atom stereocenters. The van der Waals surface area contributed by atoms with Crippen LogP contribution in [0, 0.1) is 6.92 Å². The lowest BCUT2D eigenvalue weighted by Gasteiger charge is -2.07. The van der Waals surface area contributed by atoms with E-state index in [2.05, 4.69) is 20.4 Å². The van der Waals surface area contributed by atoms with Crippen molar-refractivity contribution in [3.05, 3.63) is 72.7 Å². The Morgan fingerprint density at radius 2 is 1.52 bits per heavy atom. The lowest BCUT2D eigenvalue weighted by atomic mass is 10.2. The molecule has 4 rings (SSSR count). The van der Waals surface area contributed by atoms with Crippen LogP contribution in [0.1, 0.15) is 5.69 Å². The molecule has 0 aliphatic carbocycles. The van der Waals surface area contributed by atoms with Gasteiger partial charge in [-0.05, 0) is 61.5 Å². The van der Waals surface area contributed by atoms with Crippen LogP contribution in [-0.2, 0) is 0 Å². The van der Waals surface area contributed by atoms with Gasteiger partial charge in [-0.1, -0.05) is 0 Å². The van der Waals surface area contributed by atoms with Gasteiger partial charge in [-0.15, -0.1) is 0 Å². The summed E-state index contributed by atoms with van der Waals surface area (Å²) in [5.41, 5.74) is 4.46. The van der Waals surface area contributed by atoms with Crippen molar-refractivity contribution >= 4 is 11.6 Å². The van der Waals surface area contributed by atoms with Gasteiger partial charge in [-0.3, -0.25) is 0 Å². The maximum Gasteiger partial charge on any atom is 0.227 e. The van der Waals surface area contributed by atoms with Gasteiger partial charge in [0.1, 0.15) is 11.5 Å². The summed E-state index contributed by atoms with van der Waals surface area (Å²) in [5, 5.41) is 7.84. The first kappa shape index (κ1) is 18.5. The van der Waals surface area contributed by atoms with Crippen molar-refractivity contribution in [3.63, 3.8) is 0 Å². The van der Waals surface area contributed by atoms with Crippen molar-refractivity contribution in [3.8, 4) is 28.4 Å². The van der Waals surface area contributed by atoms with E-state index in [1.54, 1.807) is 20.4 Å². The Morgan fingerprint density at radius 3 is 2.17 bits per heavy atom. The zero-order valence-electron chi connectivity index (χ0n) is 16.5. The number of aromatic nitrogens is 4. The van der Waals surface area contributed by atoms with Crippen molar-refractivity contribution in [1.82, 2.24) is 19.7 Å². The smallest absolute Gasteiger partial charge is 0.227 e. The van der Waals surface area contributed by atoms with Crippen molar-refractivity contribution in [2.45, 2.75) is 6.92 Å². The summed E-state index contributed by atoms with van der Waals surface area (Å²) in [4.78, 5) is 8.97. The molecule has 7 nitrogen and oxygen atoms in total. The number of hydrogen-bond donors (Lipinski definition) is 1. The van der Waals surface area contributed by atoms with Crippen molar-refractivity contribution in [1.29, 1.82) is 0 Å². The van der Waals surface area contributed by atoms with Gasteiger partial charge < -0.3 is 14.8 Å². The molecule has 4 aromatic rings. The Labute approximate surface area is 169 Å². The molecule has 0 saturated carbocycles. The molecule has 0 fully saturated rings. The van der Waals surface area contributed by atoms with E-state index in [0.29, 0.717) is 5.95 Å². The molecule has 2 aromatic heterocycles. The number of hydrogen-bond acceptors (Lipinski definition) is 6. The molecule has 2 aromatic carbocycles. The van der Waals surface area contributed by atoms with Gasteiger partial charge in [-0.2, -0.15) is 5.10 Å². The molecule has 2 heterocycles. The van der Waals surface area contributed by atoms with E-state index < -0.39 is 0 Å². The minimum atomic E-state index is 0.518. The fourth-order valence-corrected chi connectivity index (χ4v) is 2.95. The molecule has 0 radical (unpaired) electrons. The number of aryl methyl sites for hydroxylation is 1. The zero-order valence-corrected chi connectivity index (χ0v) is 16.5. The third kappa shape index (κ3) is 4.03. The molecule has 0 saturated heterocycles. The maximum absolute atomic E-state index is 5.22. The molecule has 0 amide bonds. The Hall–Kier alpha value is -3.87. The quantitative estimate of drug-likeness (QED) is 0.529. The minimum absolute atomic E-state index is 0.518. The van der Waals surface area contributed by atoms with Gasteiger partial charge in [0.15, 0.2) is 0 Å². The number of nitrogens with one attached hydrogen (secondary N) is 1. The maximum atomic E-state index is 5.22. The number of benzene rings is 2. The van der Waals surface area contributed by atoms with E-state index in [1.165, 1.54) is 0 Å². The van der Waals surface area contributed by atoms with Crippen LogP contribution in [0.15, 0.2) is 67.0 Å². The lowest BCUT2D eigenvalue weighted by Crippen LogP contribution is -1.98. The van der Waals surface area contributed by atoms with Gasteiger partial charge in [0.2, 0.25) is 5.95 Å². The second-order valence-electron chi connectivity index (χ2n) is 6.39. The molecule has 0 aliphatic heterocycles.